The van der Waals surface area contributed by atoms with Gasteiger partial charge in [0.05, 0.1) is 11.6 Å². The van der Waals surface area contributed by atoms with Gasteiger partial charge in [-0.25, -0.2) is 4.79 Å². The third-order valence-electron chi connectivity index (χ3n) is 1.54. The zero-order valence-electron chi connectivity index (χ0n) is 8.07. The molecule has 0 heterocycles. The van der Waals surface area contributed by atoms with Crippen molar-refractivity contribution in [3.63, 3.8) is 0 Å². The Hall–Kier alpha value is -1.29. The third kappa shape index (κ3) is 3.40. The van der Waals surface area contributed by atoms with E-state index in [1.54, 1.807) is 19.1 Å². The van der Waals surface area contributed by atoms with Gasteiger partial charge >= 0.3 is 12.3 Å². The minimum Gasteiger partial charge on any atom is -0.461 e. The van der Waals surface area contributed by atoms with Crippen molar-refractivity contribution < 1.29 is 18.7 Å². The summed E-state index contributed by atoms with van der Waals surface area (Å²) in [6.45, 7) is 1.69. The van der Waals surface area contributed by atoms with E-state index in [1.807, 2.05) is 0 Å². The molecule has 1 aromatic carbocycles. The average molecular weight is 233 g/mol. The Bertz CT molecular complexity index is 343. The number of carbonyl (C=O) groups is 1. The molecular formula is C10H10ClFO3. The second kappa shape index (κ2) is 5.56. The number of hydrogen-bond donors (Lipinski definition) is 0. The second-order valence-corrected chi connectivity index (χ2v) is 3.02. The standard InChI is InChI=1S/C10H10ClFO3/c1-2-14-10(13)9(12)15-8-6-4-3-5-7(8)11/h3-6,9H,2H2,1H3. The fourth-order valence-corrected chi connectivity index (χ4v) is 1.09. The summed E-state index contributed by atoms with van der Waals surface area (Å²) in [6.07, 6.45) is -2.15. The number of halogens is 2. The highest BCUT2D eigenvalue weighted by atomic mass is 35.5. The van der Waals surface area contributed by atoms with Crippen LogP contribution >= 0.6 is 11.6 Å². The van der Waals surface area contributed by atoms with E-state index in [-0.39, 0.29) is 17.4 Å². The van der Waals surface area contributed by atoms with Crippen LogP contribution < -0.4 is 4.74 Å². The summed E-state index contributed by atoms with van der Waals surface area (Å²) in [6, 6.07) is 6.30. The van der Waals surface area contributed by atoms with Crippen molar-refractivity contribution in [3.05, 3.63) is 29.3 Å². The van der Waals surface area contributed by atoms with Gasteiger partial charge in [0.15, 0.2) is 0 Å². The lowest BCUT2D eigenvalue weighted by molar-refractivity contribution is -0.159. The first kappa shape index (κ1) is 11.8. The first-order valence-corrected chi connectivity index (χ1v) is 4.75. The molecule has 0 fully saturated rings. The third-order valence-corrected chi connectivity index (χ3v) is 1.85. The van der Waals surface area contributed by atoms with Crippen molar-refractivity contribution in [3.8, 4) is 5.75 Å². The highest BCUT2D eigenvalue weighted by molar-refractivity contribution is 6.32. The summed E-state index contributed by atoms with van der Waals surface area (Å²) in [5.74, 6) is -0.947. The molecule has 1 rings (SSSR count). The normalized spacial score (nSPS) is 11.9. The van der Waals surface area contributed by atoms with Crippen LogP contribution in [0.5, 0.6) is 5.75 Å². The van der Waals surface area contributed by atoms with Crippen LogP contribution in [0, 0.1) is 0 Å². The van der Waals surface area contributed by atoms with Gasteiger partial charge in [0.2, 0.25) is 0 Å². The van der Waals surface area contributed by atoms with Gasteiger partial charge in [-0.05, 0) is 19.1 Å². The maximum Gasteiger partial charge on any atom is 0.381 e. The van der Waals surface area contributed by atoms with Crippen molar-refractivity contribution in [2.45, 2.75) is 13.3 Å². The summed E-state index contributed by atoms with van der Waals surface area (Å²) in [7, 11) is 0. The van der Waals surface area contributed by atoms with E-state index in [0.29, 0.717) is 0 Å². The van der Waals surface area contributed by atoms with E-state index in [4.69, 9.17) is 11.6 Å². The highest BCUT2D eigenvalue weighted by Gasteiger charge is 2.21. The van der Waals surface area contributed by atoms with Crippen molar-refractivity contribution in [2.75, 3.05) is 6.61 Å². The van der Waals surface area contributed by atoms with E-state index >= 15 is 0 Å². The first-order chi connectivity index (χ1) is 7.15. The van der Waals surface area contributed by atoms with E-state index in [9.17, 15) is 9.18 Å². The zero-order valence-corrected chi connectivity index (χ0v) is 8.83. The molecule has 0 saturated heterocycles. The molecule has 15 heavy (non-hydrogen) atoms. The molecule has 5 heteroatoms. The molecule has 1 aromatic rings. The topological polar surface area (TPSA) is 35.5 Å². The second-order valence-electron chi connectivity index (χ2n) is 2.62. The number of ether oxygens (including phenoxy) is 2. The van der Waals surface area contributed by atoms with Crippen LogP contribution in [0.15, 0.2) is 24.3 Å². The molecule has 0 bridgehead atoms. The summed E-state index contributed by atoms with van der Waals surface area (Å²) < 4.78 is 22.2. The van der Waals surface area contributed by atoms with Crippen LogP contribution in [-0.2, 0) is 9.53 Å². The number of benzene rings is 1. The number of carbonyl (C=O) groups excluding carboxylic acids is 1. The van der Waals surface area contributed by atoms with E-state index in [0.717, 1.165) is 0 Å². The maximum atomic E-state index is 13.1. The zero-order chi connectivity index (χ0) is 11.3. The van der Waals surface area contributed by atoms with E-state index in [2.05, 4.69) is 9.47 Å². The molecule has 0 saturated carbocycles. The Balaban J connectivity index is 2.62. The van der Waals surface area contributed by atoms with E-state index < -0.39 is 12.3 Å². The Morgan fingerprint density at radius 1 is 1.53 bits per heavy atom. The lowest BCUT2D eigenvalue weighted by Crippen LogP contribution is -2.24. The van der Waals surface area contributed by atoms with Crippen LogP contribution in [0.1, 0.15) is 6.92 Å². The number of esters is 1. The Morgan fingerprint density at radius 2 is 2.20 bits per heavy atom. The van der Waals surface area contributed by atoms with Gasteiger partial charge in [0.25, 0.3) is 0 Å². The molecule has 0 radical (unpaired) electrons. The first-order valence-electron chi connectivity index (χ1n) is 4.37. The predicted molar refractivity (Wildman–Crippen MR) is 53.6 cm³/mol. The van der Waals surface area contributed by atoms with Crippen LogP contribution in [0.4, 0.5) is 4.39 Å². The van der Waals surface area contributed by atoms with Crippen LogP contribution in [0.3, 0.4) is 0 Å². The summed E-state index contributed by atoms with van der Waals surface area (Å²) in [4.78, 5) is 10.9. The van der Waals surface area contributed by atoms with Gasteiger partial charge in [-0.2, -0.15) is 4.39 Å². The fourth-order valence-electron chi connectivity index (χ4n) is 0.908. The molecule has 0 spiro atoms. The molecule has 0 aliphatic rings. The lowest BCUT2D eigenvalue weighted by Gasteiger charge is -2.10. The average Bonchev–Trinajstić information content (AvgIpc) is 2.21. The quantitative estimate of drug-likeness (QED) is 0.749. The molecule has 1 unspecified atom stereocenters. The lowest BCUT2D eigenvalue weighted by atomic mass is 10.3. The maximum absolute atomic E-state index is 13.1. The monoisotopic (exact) mass is 232 g/mol. The molecule has 82 valence electrons. The number of rotatable bonds is 4. The van der Waals surface area contributed by atoms with E-state index in [1.165, 1.54) is 12.1 Å². The van der Waals surface area contributed by atoms with Gasteiger partial charge in [0, 0.05) is 0 Å². The number of para-hydroxylation sites is 1. The van der Waals surface area contributed by atoms with Crippen LogP contribution in [-0.4, -0.2) is 18.9 Å². The predicted octanol–water partition coefficient (Wildman–Crippen LogP) is 2.58. The molecule has 0 aromatic heterocycles. The van der Waals surface area contributed by atoms with Crippen molar-refractivity contribution >= 4 is 17.6 Å². The molecule has 0 N–H and O–H groups in total. The number of alkyl halides is 1. The molecule has 0 aliphatic carbocycles. The van der Waals surface area contributed by atoms with Crippen molar-refractivity contribution in [1.82, 2.24) is 0 Å². The summed E-state index contributed by atoms with van der Waals surface area (Å²) in [5, 5.41) is 0.240. The highest BCUT2D eigenvalue weighted by Crippen LogP contribution is 2.24. The Kier molecular flexibility index (Phi) is 4.37. The van der Waals surface area contributed by atoms with Crippen LogP contribution in [0.2, 0.25) is 5.02 Å². The van der Waals surface area contributed by atoms with Crippen molar-refractivity contribution in [2.24, 2.45) is 0 Å². The molecule has 0 amide bonds. The summed E-state index contributed by atoms with van der Waals surface area (Å²) >= 11 is 5.71. The van der Waals surface area contributed by atoms with Gasteiger partial charge in [-0.15, -0.1) is 0 Å². The minimum atomic E-state index is -2.15. The SMILES string of the molecule is CCOC(=O)C(F)Oc1ccccc1Cl. The Morgan fingerprint density at radius 3 is 2.80 bits per heavy atom. The number of hydrogen-bond acceptors (Lipinski definition) is 3. The van der Waals surface area contributed by atoms with Gasteiger partial charge in [-0.3, -0.25) is 0 Å². The van der Waals surface area contributed by atoms with Gasteiger partial charge in [0.1, 0.15) is 5.75 Å². The largest absolute Gasteiger partial charge is 0.461 e. The smallest absolute Gasteiger partial charge is 0.381 e. The fraction of sp³-hybridized carbons (Fsp3) is 0.300. The molecule has 3 nitrogen and oxygen atoms in total. The van der Waals surface area contributed by atoms with Crippen LogP contribution in [0.25, 0.3) is 0 Å². The Labute approximate surface area is 91.7 Å². The van der Waals surface area contributed by atoms with Gasteiger partial charge < -0.3 is 9.47 Å². The molecule has 0 aliphatic heterocycles. The summed E-state index contributed by atoms with van der Waals surface area (Å²) in [5.41, 5.74) is 0. The molecular weight excluding hydrogens is 223 g/mol. The minimum absolute atomic E-state index is 0.102. The van der Waals surface area contributed by atoms with Crippen molar-refractivity contribution in [1.29, 1.82) is 0 Å². The molecule has 1 atom stereocenters. The van der Waals surface area contributed by atoms with Gasteiger partial charge in [-0.1, -0.05) is 23.7 Å².